The molecule has 0 aromatic heterocycles. The summed E-state index contributed by atoms with van der Waals surface area (Å²) in [6.07, 6.45) is 5.59. The van der Waals surface area contributed by atoms with Crippen LogP contribution in [0.2, 0.25) is 0 Å². The minimum Gasteiger partial charge on any atom is -0.338 e. The van der Waals surface area contributed by atoms with E-state index in [9.17, 15) is 38.4 Å². The second-order valence-electron chi connectivity index (χ2n) is 15.4. The van der Waals surface area contributed by atoms with Crippen LogP contribution in [-0.4, -0.2) is 84.3 Å². The van der Waals surface area contributed by atoms with Crippen molar-refractivity contribution in [3.05, 3.63) is 65.2 Å². The largest absolute Gasteiger partial charge is 0.338 e. The molecule has 0 saturated carbocycles. The van der Waals surface area contributed by atoms with Gasteiger partial charge in [-0.1, -0.05) is 56.3 Å². The summed E-state index contributed by atoms with van der Waals surface area (Å²) in [6.45, 7) is 15.3. The summed E-state index contributed by atoms with van der Waals surface area (Å²) in [5.41, 5.74) is 4.32. The van der Waals surface area contributed by atoms with Crippen molar-refractivity contribution in [2.24, 2.45) is 0 Å². The van der Waals surface area contributed by atoms with Crippen molar-refractivity contribution in [1.82, 2.24) is 31.9 Å². The molecule has 7 N–H and O–H groups in total. The van der Waals surface area contributed by atoms with Crippen LogP contribution in [0, 0.1) is 13.8 Å². The lowest BCUT2D eigenvalue weighted by Gasteiger charge is -2.20. The van der Waals surface area contributed by atoms with Crippen LogP contribution >= 0.6 is 0 Å². The fourth-order valence-electron chi connectivity index (χ4n) is 5.97. The van der Waals surface area contributed by atoms with E-state index in [1.54, 1.807) is 0 Å². The maximum Gasteiger partial charge on any atom is 0.319 e. The Hall–Kier alpha value is -5.44. The Labute approximate surface area is 363 Å². The third-order valence-electron chi connectivity index (χ3n) is 9.75. The highest BCUT2D eigenvalue weighted by Crippen LogP contribution is 2.13. The van der Waals surface area contributed by atoms with Crippen molar-refractivity contribution in [3.63, 3.8) is 0 Å². The van der Waals surface area contributed by atoms with E-state index < -0.39 is 24.2 Å². The van der Waals surface area contributed by atoms with Gasteiger partial charge in [0.15, 0.2) is 17.3 Å². The predicted molar refractivity (Wildman–Crippen MR) is 242 cm³/mol. The number of hydrogen-bond acceptors (Lipinski definition) is 9. The molecule has 4 atom stereocenters. The molecule has 15 nitrogen and oxygen atoms in total. The quantitative estimate of drug-likeness (QED) is 0.0496. The number of unbranched alkanes of at least 4 members (excludes halogenated alkanes) is 2. The fraction of sp³-hybridized carbons (Fsp3) is 0.565. The molecule has 4 unspecified atom stereocenters. The van der Waals surface area contributed by atoms with Gasteiger partial charge in [-0.3, -0.25) is 14.4 Å². The summed E-state index contributed by atoms with van der Waals surface area (Å²) in [4.78, 5) is 93.7. The zero-order valence-corrected chi connectivity index (χ0v) is 36.9. The zero-order valence-electron chi connectivity index (χ0n) is 36.9. The Kier molecular flexibility index (Phi) is 28.6. The lowest BCUT2D eigenvalue weighted by atomic mass is 10.1. The molecule has 0 aliphatic carbocycles. The molecule has 0 bridgehead atoms. The Balaban J connectivity index is 0.00000117. The third kappa shape index (κ3) is 26.4. The summed E-state index contributed by atoms with van der Waals surface area (Å²) < 4.78 is 0. The zero-order chi connectivity index (χ0) is 45.0. The van der Waals surface area contributed by atoms with Crippen LogP contribution in [0.4, 0.5) is 20.1 Å². The Morgan fingerprint density at radius 3 is 1.49 bits per heavy atom. The number of hydrogen-bond donors (Lipinski definition) is 7. The molecular weight excluding hydrogens is 779 g/mol. The van der Waals surface area contributed by atoms with E-state index in [0.717, 1.165) is 43.6 Å². The number of nitrogens with one attached hydrogen (secondary N) is 7. The van der Waals surface area contributed by atoms with Gasteiger partial charge in [0.2, 0.25) is 0 Å². The molecule has 0 aliphatic rings. The molecule has 15 heteroatoms. The van der Waals surface area contributed by atoms with Crippen molar-refractivity contribution >= 4 is 52.7 Å². The van der Waals surface area contributed by atoms with Crippen LogP contribution in [0.3, 0.4) is 0 Å². The van der Waals surface area contributed by atoms with E-state index in [4.69, 9.17) is 0 Å². The number of carbonyl (C=O) groups excluding carboxylic acids is 8. The van der Waals surface area contributed by atoms with E-state index in [1.807, 2.05) is 44.2 Å². The fourth-order valence-corrected chi connectivity index (χ4v) is 5.97. The summed E-state index contributed by atoms with van der Waals surface area (Å²) in [7, 11) is 0. The van der Waals surface area contributed by atoms with E-state index in [0.29, 0.717) is 32.2 Å². The Morgan fingerprint density at radius 2 is 0.984 bits per heavy atom. The Morgan fingerprint density at radius 1 is 0.525 bits per heavy atom. The van der Waals surface area contributed by atoms with Gasteiger partial charge in [-0.15, -0.1) is 0 Å². The van der Waals surface area contributed by atoms with Crippen LogP contribution in [-0.2, 0) is 30.5 Å². The predicted octanol–water partition coefficient (Wildman–Crippen LogP) is 6.78. The summed E-state index contributed by atoms with van der Waals surface area (Å²) in [5, 5.41) is 19.7. The SMILES string of the molecule is C.CC(=O)CCC(NC(=O)NC(C)CCCCNCc1ccccc1C)C(C)=O.CC(=O)CCC(NC(=O)NC(CCCCNC(=O)Nc1ccccc1C)C(C)=O)C(C)=O. The molecular formula is C46H73N7O8. The second-order valence-corrected chi connectivity index (χ2v) is 15.4. The normalized spacial score (nSPS) is 12.3. The minimum atomic E-state index is -0.775. The van der Waals surface area contributed by atoms with Crippen molar-refractivity contribution in [3.8, 4) is 0 Å². The molecule has 0 radical (unpaired) electrons. The number of ketones is 5. The second kappa shape index (κ2) is 31.4. The van der Waals surface area contributed by atoms with Gasteiger partial charge in [0.05, 0.1) is 18.1 Å². The number of para-hydroxylation sites is 1. The number of urea groups is 3. The molecule has 0 saturated heterocycles. The van der Waals surface area contributed by atoms with Crippen molar-refractivity contribution < 1.29 is 38.4 Å². The Bertz CT molecular complexity index is 1720. The molecule has 61 heavy (non-hydrogen) atoms. The van der Waals surface area contributed by atoms with Crippen LogP contribution in [0.1, 0.15) is 130 Å². The number of benzene rings is 2. The topological polar surface area (TPSA) is 221 Å². The number of anilines is 1. The van der Waals surface area contributed by atoms with Crippen LogP contribution in [0.5, 0.6) is 0 Å². The molecule has 6 amide bonds. The first-order chi connectivity index (χ1) is 28.4. The smallest absolute Gasteiger partial charge is 0.319 e. The van der Waals surface area contributed by atoms with E-state index in [-0.39, 0.29) is 73.7 Å². The summed E-state index contributed by atoms with van der Waals surface area (Å²) >= 11 is 0. The monoisotopic (exact) mass is 852 g/mol. The minimum absolute atomic E-state index is 0. The first kappa shape index (κ1) is 55.6. The van der Waals surface area contributed by atoms with E-state index in [2.05, 4.69) is 62.3 Å². The highest BCUT2D eigenvalue weighted by atomic mass is 16.2. The van der Waals surface area contributed by atoms with Gasteiger partial charge in [-0.2, -0.15) is 0 Å². The van der Waals surface area contributed by atoms with Crippen LogP contribution in [0.15, 0.2) is 48.5 Å². The molecule has 2 rings (SSSR count). The van der Waals surface area contributed by atoms with Crippen molar-refractivity contribution in [2.75, 3.05) is 18.4 Å². The molecule has 2 aromatic carbocycles. The first-order valence-corrected chi connectivity index (χ1v) is 20.9. The van der Waals surface area contributed by atoms with Crippen LogP contribution < -0.4 is 37.2 Å². The molecule has 0 heterocycles. The standard InChI is InChI=1S/C23H34N4O5.C22H35N3O3.CH4/c1-15-9-5-6-10-19(15)25-22(31)24-14-8-7-11-20(17(3)29)26-23(32)27-21(18(4)30)13-12-16(2)28;1-16-9-5-6-11-20(16)15-23-14-8-7-10-17(2)24-22(28)25-21(19(4)27)13-12-18(3)26;/h5-6,9-10,20-21H,7-8,11-14H2,1-4H3,(H2,24,25,31)(H2,26,27,32);5-6,9,11,17,21,23H,7-8,10,12-15H2,1-4H3,(H2,24,25,28);1H4. The van der Waals surface area contributed by atoms with Gasteiger partial charge in [0, 0.05) is 37.7 Å². The number of amides is 6. The van der Waals surface area contributed by atoms with Gasteiger partial charge in [-0.05, 0) is 130 Å². The molecule has 0 fully saturated rings. The number of Topliss-reactive ketones (excluding diaryl/α,β-unsaturated/α-hetero) is 5. The van der Waals surface area contributed by atoms with Crippen molar-refractivity contribution in [1.29, 1.82) is 0 Å². The summed E-state index contributed by atoms with van der Waals surface area (Å²) in [6, 6.07) is 12.5. The van der Waals surface area contributed by atoms with Gasteiger partial charge < -0.3 is 46.8 Å². The summed E-state index contributed by atoms with van der Waals surface area (Å²) in [5.74, 6) is -0.646. The van der Waals surface area contributed by atoms with Crippen molar-refractivity contribution in [2.45, 2.75) is 158 Å². The van der Waals surface area contributed by atoms with Gasteiger partial charge in [0.25, 0.3) is 0 Å². The maximum atomic E-state index is 12.2. The average molecular weight is 852 g/mol. The lowest BCUT2D eigenvalue weighted by molar-refractivity contribution is -0.121. The molecule has 0 spiro atoms. The lowest BCUT2D eigenvalue weighted by Crippen LogP contribution is -2.50. The average Bonchev–Trinajstić information content (AvgIpc) is 3.17. The van der Waals surface area contributed by atoms with Gasteiger partial charge >= 0.3 is 18.1 Å². The molecule has 340 valence electrons. The van der Waals surface area contributed by atoms with E-state index in [1.165, 1.54) is 45.7 Å². The molecule has 0 aliphatic heterocycles. The molecule has 2 aromatic rings. The first-order valence-electron chi connectivity index (χ1n) is 20.9. The number of rotatable bonds is 26. The highest BCUT2D eigenvalue weighted by Gasteiger charge is 2.22. The maximum absolute atomic E-state index is 12.2. The van der Waals surface area contributed by atoms with Gasteiger partial charge in [-0.25, -0.2) is 14.4 Å². The highest BCUT2D eigenvalue weighted by molar-refractivity contribution is 5.91. The number of carbonyl (C=O) groups is 8. The van der Waals surface area contributed by atoms with Gasteiger partial charge in [0.1, 0.15) is 11.6 Å². The third-order valence-corrected chi connectivity index (χ3v) is 9.75. The van der Waals surface area contributed by atoms with Crippen LogP contribution in [0.25, 0.3) is 0 Å². The number of aryl methyl sites for hydroxylation is 2. The van der Waals surface area contributed by atoms with E-state index >= 15 is 0 Å².